The second-order valence-corrected chi connectivity index (χ2v) is 7.24. The van der Waals surface area contributed by atoms with E-state index in [2.05, 4.69) is 20.3 Å². The standard InChI is InChI=1S/C21H15FN4O2S/c1-12-18(29-21(25-12)13-5-7-15(22)8-6-13)20(28)26-16-10-23-19(24-11-16)14-3-2-4-17(27)9-14/h2-11,27H,1H3,(H,26,28). The van der Waals surface area contributed by atoms with Crippen molar-refractivity contribution in [1.82, 2.24) is 15.0 Å². The van der Waals surface area contributed by atoms with Gasteiger partial charge < -0.3 is 10.4 Å². The molecular formula is C21H15FN4O2S. The number of nitrogens with one attached hydrogen (secondary N) is 1. The van der Waals surface area contributed by atoms with Gasteiger partial charge in [0.2, 0.25) is 0 Å². The van der Waals surface area contributed by atoms with Crippen LogP contribution >= 0.6 is 11.3 Å². The summed E-state index contributed by atoms with van der Waals surface area (Å²) < 4.78 is 13.1. The molecule has 0 fully saturated rings. The van der Waals surface area contributed by atoms with Crippen molar-refractivity contribution in [3.8, 4) is 27.7 Å². The molecule has 0 saturated carbocycles. The summed E-state index contributed by atoms with van der Waals surface area (Å²) in [6, 6.07) is 12.6. The van der Waals surface area contributed by atoms with Crippen LogP contribution in [-0.2, 0) is 0 Å². The Morgan fingerprint density at radius 1 is 1.07 bits per heavy atom. The fourth-order valence-corrected chi connectivity index (χ4v) is 3.66. The van der Waals surface area contributed by atoms with E-state index in [1.807, 2.05) is 0 Å². The van der Waals surface area contributed by atoms with Crippen LogP contribution in [0.1, 0.15) is 15.4 Å². The van der Waals surface area contributed by atoms with E-state index in [1.165, 1.54) is 35.9 Å². The quantitative estimate of drug-likeness (QED) is 0.514. The number of nitrogens with zero attached hydrogens (tertiary/aromatic N) is 3. The topological polar surface area (TPSA) is 88.0 Å². The molecule has 4 rings (SSSR count). The summed E-state index contributed by atoms with van der Waals surface area (Å²) in [7, 11) is 0. The zero-order valence-corrected chi connectivity index (χ0v) is 16.1. The van der Waals surface area contributed by atoms with E-state index < -0.39 is 0 Å². The Morgan fingerprint density at radius 3 is 2.48 bits per heavy atom. The highest BCUT2D eigenvalue weighted by Gasteiger charge is 2.17. The van der Waals surface area contributed by atoms with Crippen molar-refractivity contribution in [2.75, 3.05) is 5.32 Å². The van der Waals surface area contributed by atoms with E-state index in [0.717, 1.165) is 5.56 Å². The van der Waals surface area contributed by atoms with Gasteiger partial charge in [-0.05, 0) is 43.3 Å². The van der Waals surface area contributed by atoms with Crippen molar-refractivity contribution in [3.05, 3.63) is 77.3 Å². The lowest BCUT2D eigenvalue weighted by molar-refractivity contribution is 0.102. The summed E-state index contributed by atoms with van der Waals surface area (Å²) in [5.74, 6) is -0.0798. The molecule has 2 N–H and O–H groups in total. The predicted molar refractivity (Wildman–Crippen MR) is 109 cm³/mol. The Hall–Kier alpha value is -3.65. The largest absolute Gasteiger partial charge is 0.508 e. The van der Waals surface area contributed by atoms with E-state index in [0.29, 0.717) is 32.7 Å². The Labute approximate surface area is 169 Å². The second kappa shape index (κ2) is 7.76. The molecule has 2 aromatic heterocycles. The summed E-state index contributed by atoms with van der Waals surface area (Å²) in [4.78, 5) is 26.0. The van der Waals surface area contributed by atoms with Crippen LogP contribution in [0.2, 0.25) is 0 Å². The van der Waals surface area contributed by atoms with E-state index in [4.69, 9.17) is 0 Å². The van der Waals surface area contributed by atoms with Crippen LogP contribution < -0.4 is 5.32 Å². The summed E-state index contributed by atoms with van der Waals surface area (Å²) in [5.41, 5.74) is 2.45. The van der Waals surface area contributed by atoms with Crippen LogP contribution in [0.25, 0.3) is 22.0 Å². The first kappa shape index (κ1) is 18.7. The maximum atomic E-state index is 13.1. The van der Waals surface area contributed by atoms with Gasteiger partial charge in [0.05, 0.1) is 23.8 Å². The minimum absolute atomic E-state index is 0.126. The van der Waals surface area contributed by atoms with Crippen LogP contribution in [-0.4, -0.2) is 26.0 Å². The molecule has 0 spiro atoms. The number of phenolic OH excluding ortho intramolecular Hbond substituents is 1. The molecule has 6 nitrogen and oxygen atoms in total. The summed E-state index contributed by atoms with van der Waals surface area (Å²) in [5, 5.41) is 13.0. The Morgan fingerprint density at radius 2 is 1.79 bits per heavy atom. The van der Waals surface area contributed by atoms with Crippen LogP contribution in [0.15, 0.2) is 60.9 Å². The van der Waals surface area contributed by atoms with E-state index in [9.17, 15) is 14.3 Å². The number of benzene rings is 2. The number of aromatic hydroxyl groups is 1. The van der Waals surface area contributed by atoms with Crippen molar-refractivity contribution in [2.24, 2.45) is 0 Å². The van der Waals surface area contributed by atoms with Gasteiger partial charge in [0.25, 0.3) is 5.91 Å². The molecule has 0 bridgehead atoms. The molecule has 0 aliphatic carbocycles. The van der Waals surface area contributed by atoms with E-state index in [1.54, 1.807) is 43.3 Å². The lowest BCUT2D eigenvalue weighted by Gasteiger charge is -2.05. The maximum absolute atomic E-state index is 13.1. The fraction of sp³-hybridized carbons (Fsp3) is 0.0476. The first-order chi connectivity index (χ1) is 14.0. The molecule has 1 amide bonds. The lowest BCUT2D eigenvalue weighted by Crippen LogP contribution is -2.12. The minimum atomic E-state index is -0.325. The van der Waals surface area contributed by atoms with Gasteiger partial charge in [0.1, 0.15) is 21.5 Å². The number of hydrogen-bond donors (Lipinski definition) is 2. The number of hydrogen-bond acceptors (Lipinski definition) is 6. The molecule has 0 unspecified atom stereocenters. The number of rotatable bonds is 4. The zero-order valence-electron chi connectivity index (χ0n) is 15.3. The van der Waals surface area contributed by atoms with Crippen molar-refractivity contribution in [3.63, 3.8) is 0 Å². The Kier molecular flexibility index (Phi) is 5.01. The van der Waals surface area contributed by atoms with Crippen LogP contribution in [0.3, 0.4) is 0 Å². The van der Waals surface area contributed by atoms with Crippen molar-refractivity contribution in [2.45, 2.75) is 6.92 Å². The predicted octanol–water partition coefficient (Wildman–Crippen LogP) is 4.67. The summed E-state index contributed by atoms with van der Waals surface area (Å²) in [6.45, 7) is 1.75. The number of thiazole rings is 1. The van der Waals surface area contributed by atoms with Crippen LogP contribution in [0.4, 0.5) is 10.1 Å². The zero-order chi connectivity index (χ0) is 20.4. The van der Waals surface area contributed by atoms with Crippen LogP contribution in [0.5, 0.6) is 5.75 Å². The highest BCUT2D eigenvalue weighted by Crippen LogP contribution is 2.29. The molecule has 0 aliphatic rings. The fourth-order valence-electron chi connectivity index (χ4n) is 2.70. The van der Waals surface area contributed by atoms with Gasteiger partial charge in [0.15, 0.2) is 5.82 Å². The number of aryl methyl sites for hydroxylation is 1. The first-order valence-corrected chi connectivity index (χ1v) is 9.47. The number of halogens is 1. The molecule has 0 atom stereocenters. The van der Waals surface area contributed by atoms with Gasteiger partial charge in [-0.2, -0.15) is 0 Å². The molecule has 2 heterocycles. The van der Waals surface area contributed by atoms with Crippen molar-refractivity contribution in [1.29, 1.82) is 0 Å². The molecular weight excluding hydrogens is 391 g/mol. The average Bonchev–Trinajstić information content (AvgIpc) is 3.11. The third kappa shape index (κ3) is 4.12. The SMILES string of the molecule is Cc1nc(-c2ccc(F)cc2)sc1C(=O)Nc1cnc(-c2cccc(O)c2)nc1. The number of carbonyl (C=O) groups excluding carboxylic acids is 1. The third-order valence-corrected chi connectivity index (χ3v) is 5.31. The molecule has 144 valence electrons. The first-order valence-electron chi connectivity index (χ1n) is 8.66. The van der Waals surface area contributed by atoms with Gasteiger partial charge in [-0.1, -0.05) is 12.1 Å². The van der Waals surface area contributed by atoms with Gasteiger partial charge in [-0.15, -0.1) is 11.3 Å². The van der Waals surface area contributed by atoms with Gasteiger partial charge in [-0.3, -0.25) is 4.79 Å². The number of phenols is 1. The third-order valence-electron chi connectivity index (χ3n) is 4.11. The lowest BCUT2D eigenvalue weighted by atomic mass is 10.2. The Balaban J connectivity index is 1.51. The summed E-state index contributed by atoms with van der Waals surface area (Å²) >= 11 is 1.23. The van der Waals surface area contributed by atoms with Crippen molar-refractivity contribution < 1.29 is 14.3 Å². The average molecular weight is 406 g/mol. The molecule has 4 aromatic rings. The molecule has 29 heavy (non-hydrogen) atoms. The van der Waals surface area contributed by atoms with E-state index in [-0.39, 0.29) is 17.5 Å². The number of carbonyl (C=O) groups is 1. The van der Waals surface area contributed by atoms with Crippen molar-refractivity contribution >= 4 is 22.9 Å². The normalized spacial score (nSPS) is 10.7. The highest BCUT2D eigenvalue weighted by atomic mass is 32.1. The van der Waals surface area contributed by atoms with Gasteiger partial charge in [-0.25, -0.2) is 19.3 Å². The highest BCUT2D eigenvalue weighted by molar-refractivity contribution is 7.17. The maximum Gasteiger partial charge on any atom is 0.267 e. The molecule has 8 heteroatoms. The molecule has 0 radical (unpaired) electrons. The second-order valence-electron chi connectivity index (χ2n) is 6.24. The number of anilines is 1. The van der Waals surface area contributed by atoms with Crippen LogP contribution in [0, 0.1) is 12.7 Å². The van der Waals surface area contributed by atoms with E-state index >= 15 is 0 Å². The Bertz CT molecular complexity index is 1170. The smallest absolute Gasteiger partial charge is 0.267 e. The molecule has 0 saturated heterocycles. The molecule has 0 aliphatic heterocycles. The summed E-state index contributed by atoms with van der Waals surface area (Å²) in [6.07, 6.45) is 3.00. The minimum Gasteiger partial charge on any atom is -0.508 e. The number of amides is 1. The van der Waals surface area contributed by atoms with Gasteiger partial charge >= 0.3 is 0 Å². The monoisotopic (exact) mass is 406 g/mol. The number of aromatic nitrogens is 3. The molecule has 2 aromatic carbocycles. The van der Waals surface area contributed by atoms with Gasteiger partial charge in [0, 0.05) is 11.1 Å².